The Morgan fingerprint density at radius 2 is 1.89 bits per heavy atom. The normalized spacial score (nSPS) is 25.3. The maximum absolute atomic E-state index is 13.5. The number of para-hydroxylation sites is 1. The summed E-state index contributed by atoms with van der Waals surface area (Å²) in [6.07, 6.45) is -1.84. The molecule has 3 saturated heterocycles. The molecule has 2 unspecified atom stereocenters. The summed E-state index contributed by atoms with van der Waals surface area (Å²) in [4.78, 5) is 27.9. The first kappa shape index (κ1) is 24.1. The topological polar surface area (TPSA) is 82.5 Å². The summed E-state index contributed by atoms with van der Waals surface area (Å²) >= 11 is 0. The predicted molar refractivity (Wildman–Crippen MR) is 125 cm³/mol. The van der Waals surface area contributed by atoms with Gasteiger partial charge in [0.1, 0.15) is 6.04 Å². The smallest absolute Gasteiger partial charge is 0.370 e. The van der Waals surface area contributed by atoms with E-state index in [2.05, 4.69) is 20.6 Å². The summed E-state index contributed by atoms with van der Waals surface area (Å²) in [7, 11) is 1.86. The van der Waals surface area contributed by atoms with Crippen molar-refractivity contribution in [3.05, 3.63) is 23.9 Å². The number of aryl methyl sites for hydroxylation is 1. The quantitative estimate of drug-likeness (QED) is 0.637. The average Bonchev–Trinajstić information content (AvgIpc) is 3.16. The highest BCUT2D eigenvalue weighted by atomic mass is 19.4. The molecule has 2 amide bonds. The minimum Gasteiger partial charge on any atom is -0.370 e. The lowest BCUT2D eigenvalue weighted by atomic mass is 9.92. The van der Waals surface area contributed by atoms with Crippen LogP contribution in [0.1, 0.15) is 37.3 Å². The Morgan fingerprint density at radius 3 is 2.60 bits per heavy atom. The van der Waals surface area contributed by atoms with Gasteiger partial charge in [-0.05, 0) is 31.2 Å². The van der Waals surface area contributed by atoms with E-state index in [4.69, 9.17) is 0 Å². The van der Waals surface area contributed by atoms with Crippen LogP contribution >= 0.6 is 0 Å². The molecule has 1 aromatic heterocycles. The van der Waals surface area contributed by atoms with E-state index in [1.807, 2.05) is 25.2 Å². The molecular weight excluding hydrogens is 461 g/mol. The fraction of sp³-hybridized carbons (Fsp3) is 0.625. The molecular formula is C24H31F3N6O2. The number of fused-ring (bicyclic) bond motifs is 1. The number of amides is 2. The Bertz CT molecular complexity index is 1110. The lowest BCUT2D eigenvalue weighted by Gasteiger charge is -2.41. The van der Waals surface area contributed by atoms with Crippen molar-refractivity contribution in [1.29, 1.82) is 0 Å². The molecule has 0 saturated carbocycles. The second-order valence-electron chi connectivity index (χ2n) is 9.87. The van der Waals surface area contributed by atoms with Crippen LogP contribution in [0.15, 0.2) is 18.2 Å². The van der Waals surface area contributed by atoms with E-state index >= 15 is 0 Å². The van der Waals surface area contributed by atoms with Crippen molar-refractivity contribution in [2.75, 3.05) is 44.2 Å². The highest BCUT2D eigenvalue weighted by molar-refractivity contribution is 6.03. The highest BCUT2D eigenvalue weighted by Gasteiger charge is 2.45. The number of nitrogens with one attached hydrogen (secondary N) is 2. The summed E-state index contributed by atoms with van der Waals surface area (Å²) in [5, 5.41) is 10.9. The van der Waals surface area contributed by atoms with Crippen LogP contribution in [-0.2, 0) is 16.6 Å². The number of halogens is 3. The van der Waals surface area contributed by atoms with Crippen molar-refractivity contribution in [2.24, 2.45) is 13.0 Å². The number of nitrogens with zero attached hydrogens (tertiary/aromatic N) is 4. The molecule has 2 N–H and O–H groups in total. The van der Waals surface area contributed by atoms with Crippen molar-refractivity contribution in [3.63, 3.8) is 0 Å². The number of rotatable bonds is 4. The first-order chi connectivity index (χ1) is 16.7. The van der Waals surface area contributed by atoms with Crippen LogP contribution in [0.2, 0.25) is 0 Å². The number of alkyl halides is 3. The number of imide groups is 1. The van der Waals surface area contributed by atoms with Crippen LogP contribution in [-0.4, -0.2) is 78.0 Å². The molecule has 2 aromatic rings. The largest absolute Gasteiger partial charge is 0.405 e. The van der Waals surface area contributed by atoms with Crippen LogP contribution < -0.4 is 15.5 Å². The number of carbonyl (C=O) groups excluding carboxylic acids is 2. The third kappa shape index (κ3) is 4.75. The van der Waals surface area contributed by atoms with Crippen molar-refractivity contribution in [2.45, 2.75) is 43.8 Å². The lowest BCUT2D eigenvalue weighted by molar-refractivity contribution is -0.188. The van der Waals surface area contributed by atoms with Crippen molar-refractivity contribution >= 4 is 28.4 Å². The molecule has 190 valence electrons. The van der Waals surface area contributed by atoms with Crippen molar-refractivity contribution in [3.8, 4) is 0 Å². The van der Waals surface area contributed by atoms with E-state index in [1.165, 1.54) is 0 Å². The molecule has 1 aromatic carbocycles. The minimum atomic E-state index is -4.22. The van der Waals surface area contributed by atoms with Gasteiger partial charge >= 0.3 is 6.18 Å². The van der Waals surface area contributed by atoms with Gasteiger partial charge in [-0.2, -0.15) is 18.3 Å². The van der Waals surface area contributed by atoms with Crippen molar-refractivity contribution in [1.82, 2.24) is 25.3 Å². The van der Waals surface area contributed by atoms with Crippen molar-refractivity contribution < 1.29 is 22.8 Å². The van der Waals surface area contributed by atoms with E-state index in [0.29, 0.717) is 38.2 Å². The third-order valence-corrected chi connectivity index (χ3v) is 7.62. The number of anilines is 1. The SMILES string of the molecule is Cn1nc(C2CCC(=O)NC2=O)c2cccc(N3CCC(CN4CCNCC4C(F)(F)F)CC3)c21. The summed E-state index contributed by atoms with van der Waals surface area (Å²) in [6.45, 7) is 2.94. The average molecular weight is 493 g/mol. The van der Waals surface area contributed by atoms with Gasteiger partial charge in [-0.1, -0.05) is 12.1 Å². The molecule has 35 heavy (non-hydrogen) atoms. The van der Waals surface area contributed by atoms with Crippen LogP contribution in [0, 0.1) is 5.92 Å². The lowest BCUT2D eigenvalue weighted by Crippen LogP contribution is -2.59. The van der Waals surface area contributed by atoms with E-state index in [-0.39, 0.29) is 24.3 Å². The van der Waals surface area contributed by atoms with Gasteiger partial charge in [-0.15, -0.1) is 0 Å². The first-order valence-corrected chi connectivity index (χ1v) is 12.3. The third-order valence-electron chi connectivity index (χ3n) is 7.62. The zero-order chi connectivity index (χ0) is 24.7. The molecule has 5 rings (SSSR count). The van der Waals surface area contributed by atoms with Crippen LogP contribution in [0.25, 0.3) is 10.9 Å². The standard InChI is InChI=1S/C24H31F3N6O2/c1-31-22-16(21(30-31)17-5-6-20(34)29-23(17)35)3-2-4-18(22)32-10-7-15(8-11-32)14-33-12-9-28-13-19(33)24(25,26)27/h2-4,15,17,19,28H,5-14H2,1H3,(H,29,34,35). The Hall–Kier alpha value is -2.66. The monoisotopic (exact) mass is 492 g/mol. The molecule has 2 atom stereocenters. The highest BCUT2D eigenvalue weighted by Crippen LogP contribution is 2.36. The van der Waals surface area contributed by atoms with E-state index < -0.39 is 18.1 Å². The van der Waals surface area contributed by atoms with Gasteiger partial charge in [-0.3, -0.25) is 24.5 Å². The van der Waals surface area contributed by atoms with E-state index in [1.54, 1.807) is 9.58 Å². The van der Waals surface area contributed by atoms with Gasteiger partial charge in [0.05, 0.1) is 22.8 Å². The zero-order valence-electron chi connectivity index (χ0n) is 19.8. The Morgan fingerprint density at radius 1 is 1.11 bits per heavy atom. The molecule has 0 spiro atoms. The van der Waals surface area contributed by atoms with Gasteiger partial charge in [0.15, 0.2) is 0 Å². The number of hydrogen-bond acceptors (Lipinski definition) is 6. The predicted octanol–water partition coefficient (Wildman–Crippen LogP) is 2.15. The zero-order valence-corrected chi connectivity index (χ0v) is 19.8. The maximum atomic E-state index is 13.5. The fourth-order valence-corrected chi connectivity index (χ4v) is 5.79. The maximum Gasteiger partial charge on any atom is 0.405 e. The number of carbonyl (C=O) groups is 2. The molecule has 0 bridgehead atoms. The Kier molecular flexibility index (Phi) is 6.47. The number of aromatic nitrogens is 2. The van der Waals surface area contributed by atoms with E-state index in [0.717, 1.165) is 42.5 Å². The molecule has 0 radical (unpaired) electrons. The molecule has 0 aliphatic carbocycles. The molecule has 8 nitrogen and oxygen atoms in total. The molecule has 3 fully saturated rings. The van der Waals surface area contributed by atoms with E-state index in [9.17, 15) is 22.8 Å². The fourth-order valence-electron chi connectivity index (χ4n) is 5.79. The molecule has 3 aliphatic rings. The molecule has 11 heteroatoms. The number of piperazine rings is 1. The number of piperidine rings is 2. The number of benzene rings is 1. The summed E-state index contributed by atoms with van der Waals surface area (Å²) in [5.41, 5.74) is 2.64. The first-order valence-electron chi connectivity index (χ1n) is 12.3. The van der Waals surface area contributed by atoms with Crippen LogP contribution in [0.5, 0.6) is 0 Å². The summed E-state index contributed by atoms with van der Waals surface area (Å²) in [6, 6.07) is 4.53. The second-order valence-corrected chi connectivity index (χ2v) is 9.87. The molecule has 3 aliphatic heterocycles. The summed E-state index contributed by atoms with van der Waals surface area (Å²) < 4.78 is 42.2. The second kappa shape index (κ2) is 9.42. The van der Waals surface area contributed by atoms with Crippen LogP contribution in [0.3, 0.4) is 0 Å². The Labute approximate surface area is 201 Å². The Balaban J connectivity index is 1.30. The van der Waals surface area contributed by atoms with Gasteiger partial charge in [0.2, 0.25) is 11.8 Å². The van der Waals surface area contributed by atoms with Gasteiger partial charge in [0.25, 0.3) is 0 Å². The van der Waals surface area contributed by atoms with Gasteiger partial charge in [0, 0.05) is 58.1 Å². The number of hydrogen-bond donors (Lipinski definition) is 2. The van der Waals surface area contributed by atoms with Crippen LogP contribution in [0.4, 0.5) is 18.9 Å². The summed E-state index contributed by atoms with van der Waals surface area (Å²) in [5.74, 6) is -0.799. The van der Waals surface area contributed by atoms with Gasteiger partial charge < -0.3 is 10.2 Å². The van der Waals surface area contributed by atoms with Gasteiger partial charge in [-0.25, -0.2) is 0 Å². The minimum absolute atomic E-state index is 0.0413. The molecule has 4 heterocycles.